The lowest BCUT2D eigenvalue weighted by molar-refractivity contribution is -0.120. The van der Waals surface area contributed by atoms with E-state index in [1.165, 1.54) is 0 Å². The van der Waals surface area contributed by atoms with Crippen LogP contribution in [0.15, 0.2) is 35.7 Å². The number of hydrogen-bond acceptors (Lipinski definition) is 7. The Kier molecular flexibility index (Phi) is 6.72. The molecule has 2 aromatic rings. The number of oxime groups is 1. The summed E-state index contributed by atoms with van der Waals surface area (Å²) in [6, 6.07) is 5.63. The average Bonchev–Trinajstić information content (AvgIpc) is 3.28. The Hall–Kier alpha value is -3.36. The van der Waals surface area contributed by atoms with Gasteiger partial charge in [-0.05, 0) is 62.3 Å². The van der Waals surface area contributed by atoms with Crippen LogP contribution in [0.4, 0.5) is 0 Å². The number of carbonyl (C=O) groups is 2. The van der Waals surface area contributed by atoms with E-state index in [1.807, 2.05) is 12.1 Å². The number of nitrogens with zero attached hydrogens (tertiary/aromatic N) is 4. The fraction of sp³-hybridized carbons (Fsp3) is 0.478. The highest BCUT2D eigenvalue weighted by Crippen LogP contribution is 2.33. The maximum absolute atomic E-state index is 12.6. The number of carbonyl (C=O) groups excluding carboxylic acids is 2. The summed E-state index contributed by atoms with van der Waals surface area (Å²) in [4.78, 5) is 42.4. The van der Waals surface area contributed by atoms with Gasteiger partial charge in [0.15, 0.2) is 0 Å². The monoisotopic (exact) mass is 436 g/mol. The molecule has 1 unspecified atom stereocenters. The second-order valence-electron chi connectivity index (χ2n) is 8.42. The highest BCUT2D eigenvalue weighted by atomic mass is 16.6. The fourth-order valence-electron chi connectivity index (χ4n) is 4.33. The zero-order valence-corrected chi connectivity index (χ0v) is 18.4. The van der Waals surface area contributed by atoms with Crippen molar-refractivity contribution in [3.63, 3.8) is 0 Å². The molecule has 0 spiro atoms. The number of nitrogens with one attached hydrogen (secondary N) is 2. The molecule has 1 aliphatic heterocycles. The molecule has 0 radical (unpaired) electrons. The van der Waals surface area contributed by atoms with Crippen LogP contribution >= 0.6 is 0 Å². The van der Waals surface area contributed by atoms with Crippen molar-refractivity contribution in [1.29, 1.82) is 0 Å². The molecule has 2 aromatic heterocycles. The SMILES string of the molecule is CC(=O)N[C@H]1CC[C@H](C2CC(c3cc(C(=O)NCc4ccncc4)nc(C)n3)=NO2)CC1. The Bertz CT molecular complexity index is 1000. The van der Waals surface area contributed by atoms with Crippen molar-refractivity contribution in [1.82, 2.24) is 25.6 Å². The molecule has 1 atom stereocenters. The molecule has 1 aliphatic carbocycles. The summed E-state index contributed by atoms with van der Waals surface area (Å²) in [7, 11) is 0. The van der Waals surface area contributed by atoms with Gasteiger partial charge in [-0.1, -0.05) is 5.16 Å². The molecule has 2 N–H and O–H groups in total. The van der Waals surface area contributed by atoms with Gasteiger partial charge in [-0.3, -0.25) is 14.6 Å². The first kappa shape index (κ1) is 21.9. The van der Waals surface area contributed by atoms with Crippen molar-refractivity contribution >= 4 is 17.5 Å². The minimum Gasteiger partial charge on any atom is -0.391 e. The summed E-state index contributed by atoms with van der Waals surface area (Å²) < 4.78 is 0. The minimum atomic E-state index is -0.263. The van der Waals surface area contributed by atoms with Gasteiger partial charge in [0.2, 0.25) is 5.91 Å². The van der Waals surface area contributed by atoms with Crippen LogP contribution in [0.2, 0.25) is 0 Å². The fourth-order valence-corrected chi connectivity index (χ4v) is 4.33. The van der Waals surface area contributed by atoms with E-state index in [9.17, 15) is 9.59 Å². The van der Waals surface area contributed by atoms with Crippen LogP contribution in [0.1, 0.15) is 66.6 Å². The van der Waals surface area contributed by atoms with Crippen LogP contribution in [0.3, 0.4) is 0 Å². The lowest BCUT2D eigenvalue weighted by Crippen LogP contribution is -2.38. The summed E-state index contributed by atoms with van der Waals surface area (Å²) in [5, 5.41) is 10.2. The van der Waals surface area contributed by atoms with Gasteiger partial charge < -0.3 is 15.5 Å². The summed E-state index contributed by atoms with van der Waals surface area (Å²) >= 11 is 0. The second-order valence-corrected chi connectivity index (χ2v) is 8.42. The average molecular weight is 437 g/mol. The van der Waals surface area contributed by atoms with Gasteiger partial charge >= 0.3 is 0 Å². The van der Waals surface area contributed by atoms with Crippen molar-refractivity contribution < 1.29 is 14.4 Å². The van der Waals surface area contributed by atoms with Gasteiger partial charge in [-0.15, -0.1) is 0 Å². The highest BCUT2D eigenvalue weighted by Gasteiger charge is 2.34. The number of aromatic nitrogens is 3. The van der Waals surface area contributed by atoms with Crippen LogP contribution in [0.25, 0.3) is 0 Å². The molecular weight excluding hydrogens is 408 g/mol. The van der Waals surface area contributed by atoms with Gasteiger partial charge in [-0.2, -0.15) is 0 Å². The number of pyridine rings is 1. The number of amides is 2. The molecule has 32 heavy (non-hydrogen) atoms. The molecule has 1 fully saturated rings. The highest BCUT2D eigenvalue weighted by molar-refractivity contribution is 6.01. The molecule has 168 valence electrons. The van der Waals surface area contributed by atoms with E-state index in [4.69, 9.17) is 4.84 Å². The third kappa shape index (κ3) is 5.46. The predicted molar refractivity (Wildman–Crippen MR) is 118 cm³/mol. The quantitative estimate of drug-likeness (QED) is 0.717. The number of aryl methyl sites for hydroxylation is 1. The van der Waals surface area contributed by atoms with Crippen molar-refractivity contribution in [2.75, 3.05) is 0 Å². The van der Waals surface area contributed by atoms with Crippen LogP contribution in [-0.2, 0) is 16.2 Å². The third-order valence-corrected chi connectivity index (χ3v) is 5.97. The van der Waals surface area contributed by atoms with Gasteiger partial charge in [0.1, 0.15) is 23.3 Å². The van der Waals surface area contributed by atoms with E-state index in [2.05, 4.69) is 30.7 Å². The van der Waals surface area contributed by atoms with E-state index >= 15 is 0 Å². The van der Waals surface area contributed by atoms with Gasteiger partial charge in [0.05, 0.1) is 5.69 Å². The number of rotatable bonds is 6. The van der Waals surface area contributed by atoms with E-state index in [-0.39, 0.29) is 24.0 Å². The zero-order chi connectivity index (χ0) is 22.5. The van der Waals surface area contributed by atoms with Crippen LogP contribution < -0.4 is 10.6 Å². The summed E-state index contributed by atoms with van der Waals surface area (Å²) in [5.74, 6) is 0.669. The Morgan fingerprint density at radius 2 is 1.88 bits per heavy atom. The molecule has 1 saturated carbocycles. The van der Waals surface area contributed by atoms with Crippen LogP contribution in [0.5, 0.6) is 0 Å². The summed E-state index contributed by atoms with van der Waals surface area (Å²) in [6.45, 7) is 3.72. The van der Waals surface area contributed by atoms with Crippen LogP contribution in [-0.4, -0.2) is 44.6 Å². The molecule has 0 aromatic carbocycles. The largest absolute Gasteiger partial charge is 0.391 e. The van der Waals surface area contributed by atoms with Crippen molar-refractivity contribution in [3.05, 3.63) is 53.4 Å². The van der Waals surface area contributed by atoms with Crippen LogP contribution in [0, 0.1) is 12.8 Å². The third-order valence-electron chi connectivity index (χ3n) is 5.97. The van der Waals surface area contributed by atoms with E-state index < -0.39 is 0 Å². The zero-order valence-electron chi connectivity index (χ0n) is 18.4. The molecule has 9 nitrogen and oxygen atoms in total. The summed E-state index contributed by atoms with van der Waals surface area (Å²) in [5.41, 5.74) is 2.64. The molecule has 2 amide bonds. The molecule has 2 aliphatic rings. The lowest BCUT2D eigenvalue weighted by atomic mass is 9.81. The Balaban J connectivity index is 1.35. The second kappa shape index (κ2) is 9.84. The van der Waals surface area contributed by atoms with Crippen molar-refractivity contribution in [2.45, 2.75) is 64.6 Å². The minimum absolute atomic E-state index is 0.00233. The Morgan fingerprint density at radius 3 is 2.59 bits per heavy atom. The smallest absolute Gasteiger partial charge is 0.270 e. The topological polar surface area (TPSA) is 118 Å². The molecule has 3 heterocycles. The first-order chi connectivity index (χ1) is 15.5. The van der Waals surface area contributed by atoms with Gasteiger partial charge in [-0.25, -0.2) is 9.97 Å². The first-order valence-electron chi connectivity index (χ1n) is 11.0. The molecule has 4 rings (SSSR count). The van der Waals surface area contributed by atoms with Crippen molar-refractivity contribution in [2.24, 2.45) is 11.1 Å². The van der Waals surface area contributed by atoms with Gasteiger partial charge in [0, 0.05) is 38.3 Å². The van der Waals surface area contributed by atoms with E-state index in [1.54, 1.807) is 32.3 Å². The maximum atomic E-state index is 12.6. The number of hydrogen-bond donors (Lipinski definition) is 2. The lowest BCUT2D eigenvalue weighted by Gasteiger charge is -2.31. The maximum Gasteiger partial charge on any atom is 0.270 e. The van der Waals surface area contributed by atoms with Gasteiger partial charge in [0.25, 0.3) is 5.91 Å². The normalized spacial score (nSPS) is 22.6. The Labute approximate surface area is 187 Å². The molecule has 0 saturated heterocycles. The molecular formula is C23H28N6O3. The van der Waals surface area contributed by atoms with Crippen molar-refractivity contribution in [3.8, 4) is 0 Å². The molecule has 0 bridgehead atoms. The summed E-state index contributed by atoms with van der Waals surface area (Å²) in [6.07, 6.45) is 7.92. The predicted octanol–water partition coefficient (Wildman–Crippen LogP) is 2.30. The standard InChI is InChI=1S/C23H28N6O3/c1-14-26-19(11-21(27-14)23(31)25-13-16-7-9-24-10-8-16)20-12-22(32-29-20)17-3-5-18(6-4-17)28-15(2)30/h7-11,17-18,22H,3-6,12-13H2,1-2H3,(H,25,31)(H,28,30)/t17-,18-,22?. The Morgan fingerprint density at radius 1 is 1.12 bits per heavy atom. The first-order valence-corrected chi connectivity index (χ1v) is 11.0. The van der Waals surface area contributed by atoms with E-state index in [0.29, 0.717) is 36.1 Å². The van der Waals surface area contributed by atoms with E-state index in [0.717, 1.165) is 37.0 Å². The molecule has 9 heteroatoms.